The van der Waals surface area contributed by atoms with Crippen molar-refractivity contribution in [2.75, 3.05) is 24.0 Å². The molecule has 0 spiro atoms. The average molecular weight is 197 g/mol. The van der Waals surface area contributed by atoms with Gasteiger partial charge in [-0.3, -0.25) is 0 Å². The molecule has 0 heterocycles. The highest BCUT2D eigenvalue weighted by atomic mass is 35.5. The van der Waals surface area contributed by atoms with E-state index in [0.717, 1.165) is 24.0 Å². The molecule has 0 rings (SSSR count). The Bertz CT molecular complexity index is 90.6. The minimum Gasteiger partial charge on any atom is -0.375 e. The van der Waals surface area contributed by atoms with Crippen molar-refractivity contribution < 1.29 is 4.74 Å². The molecule has 3 heteroatoms. The lowest BCUT2D eigenvalue weighted by atomic mass is 10.2. The van der Waals surface area contributed by atoms with Gasteiger partial charge in [-0.25, -0.2) is 0 Å². The molecule has 0 bridgehead atoms. The molecule has 0 unspecified atom stereocenters. The summed E-state index contributed by atoms with van der Waals surface area (Å²) in [4.78, 5) is 0. The van der Waals surface area contributed by atoms with Crippen LogP contribution < -0.4 is 0 Å². The molecule has 0 aromatic carbocycles. The lowest BCUT2D eigenvalue weighted by molar-refractivity contribution is 0.00695. The molecule has 0 amide bonds. The normalized spacial score (nSPS) is 12.0. The van der Waals surface area contributed by atoms with Crippen molar-refractivity contribution in [3.63, 3.8) is 0 Å². The molecule has 0 fully saturated rings. The van der Waals surface area contributed by atoms with Crippen molar-refractivity contribution in [3.05, 3.63) is 0 Å². The SMILES string of the molecule is CC(C)(C)OCCSCCCl. The maximum absolute atomic E-state index is 5.51. The average Bonchev–Trinajstić information content (AvgIpc) is 1.85. The van der Waals surface area contributed by atoms with Gasteiger partial charge in [0.05, 0.1) is 12.2 Å². The van der Waals surface area contributed by atoms with Crippen LogP contribution in [0.5, 0.6) is 0 Å². The molecule has 0 radical (unpaired) electrons. The van der Waals surface area contributed by atoms with Gasteiger partial charge in [0.15, 0.2) is 0 Å². The Morgan fingerprint density at radius 3 is 2.36 bits per heavy atom. The molecule has 11 heavy (non-hydrogen) atoms. The van der Waals surface area contributed by atoms with E-state index in [1.807, 2.05) is 11.8 Å². The van der Waals surface area contributed by atoms with Gasteiger partial charge in [0.2, 0.25) is 0 Å². The number of hydrogen-bond acceptors (Lipinski definition) is 2. The van der Waals surface area contributed by atoms with Crippen molar-refractivity contribution in [2.45, 2.75) is 26.4 Å². The Morgan fingerprint density at radius 2 is 1.91 bits per heavy atom. The van der Waals surface area contributed by atoms with Crippen molar-refractivity contribution in [2.24, 2.45) is 0 Å². The van der Waals surface area contributed by atoms with Gasteiger partial charge in [-0.1, -0.05) is 0 Å². The third kappa shape index (κ3) is 10.6. The van der Waals surface area contributed by atoms with E-state index in [0.29, 0.717) is 0 Å². The Morgan fingerprint density at radius 1 is 1.27 bits per heavy atom. The molecular weight excluding hydrogens is 180 g/mol. The number of hydrogen-bond donors (Lipinski definition) is 0. The molecule has 0 atom stereocenters. The van der Waals surface area contributed by atoms with E-state index >= 15 is 0 Å². The molecule has 0 N–H and O–H groups in total. The van der Waals surface area contributed by atoms with Crippen LogP contribution >= 0.6 is 23.4 Å². The third-order valence-corrected chi connectivity index (χ3v) is 2.35. The van der Waals surface area contributed by atoms with Gasteiger partial charge >= 0.3 is 0 Å². The van der Waals surface area contributed by atoms with Crippen LogP contribution in [0, 0.1) is 0 Å². The van der Waals surface area contributed by atoms with Crippen LogP contribution in [-0.4, -0.2) is 29.6 Å². The lowest BCUT2D eigenvalue weighted by Crippen LogP contribution is -2.20. The summed E-state index contributed by atoms with van der Waals surface area (Å²) in [7, 11) is 0. The summed E-state index contributed by atoms with van der Waals surface area (Å²) in [6.45, 7) is 7.03. The fraction of sp³-hybridized carbons (Fsp3) is 1.00. The molecule has 0 aliphatic heterocycles. The second-order valence-corrected chi connectivity index (χ2v) is 4.86. The summed E-state index contributed by atoms with van der Waals surface area (Å²) in [5.74, 6) is 2.80. The first-order valence-electron chi connectivity index (χ1n) is 3.84. The van der Waals surface area contributed by atoms with E-state index in [4.69, 9.17) is 16.3 Å². The summed E-state index contributed by atoms with van der Waals surface area (Å²) in [5.41, 5.74) is 0.00151. The molecule has 0 aliphatic carbocycles. The highest BCUT2D eigenvalue weighted by Gasteiger charge is 2.08. The fourth-order valence-electron chi connectivity index (χ4n) is 0.563. The quantitative estimate of drug-likeness (QED) is 0.494. The largest absolute Gasteiger partial charge is 0.375 e. The zero-order valence-electron chi connectivity index (χ0n) is 7.52. The molecule has 0 aromatic heterocycles. The van der Waals surface area contributed by atoms with E-state index in [2.05, 4.69) is 20.8 Å². The maximum Gasteiger partial charge on any atom is 0.0598 e. The summed E-state index contributed by atoms with van der Waals surface area (Å²) < 4.78 is 5.51. The predicted octanol–water partition coefficient (Wildman–Crippen LogP) is 2.77. The van der Waals surface area contributed by atoms with Gasteiger partial charge in [0, 0.05) is 17.4 Å². The van der Waals surface area contributed by atoms with E-state index in [1.54, 1.807) is 0 Å². The van der Waals surface area contributed by atoms with Crippen molar-refractivity contribution in [1.82, 2.24) is 0 Å². The van der Waals surface area contributed by atoms with E-state index in [-0.39, 0.29) is 5.60 Å². The molecule has 1 nitrogen and oxygen atoms in total. The van der Waals surface area contributed by atoms with Gasteiger partial charge in [-0.15, -0.1) is 11.6 Å². The number of ether oxygens (including phenoxy) is 1. The molecule has 68 valence electrons. The highest BCUT2D eigenvalue weighted by Crippen LogP contribution is 2.08. The van der Waals surface area contributed by atoms with Crippen LogP contribution in [0.1, 0.15) is 20.8 Å². The first-order chi connectivity index (χ1) is 5.06. The Balaban J connectivity index is 3.02. The van der Waals surface area contributed by atoms with Crippen LogP contribution in [0.25, 0.3) is 0 Å². The van der Waals surface area contributed by atoms with Crippen LogP contribution in [0.3, 0.4) is 0 Å². The first kappa shape index (κ1) is 11.6. The smallest absolute Gasteiger partial charge is 0.0598 e. The van der Waals surface area contributed by atoms with Crippen LogP contribution in [-0.2, 0) is 4.74 Å². The van der Waals surface area contributed by atoms with Gasteiger partial charge in [-0.05, 0) is 20.8 Å². The van der Waals surface area contributed by atoms with E-state index < -0.39 is 0 Å². The molecule has 0 aliphatic rings. The monoisotopic (exact) mass is 196 g/mol. The van der Waals surface area contributed by atoms with Gasteiger partial charge in [0.25, 0.3) is 0 Å². The third-order valence-electron chi connectivity index (χ3n) is 0.984. The Kier molecular flexibility index (Phi) is 6.49. The topological polar surface area (TPSA) is 9.23 Å². The summed E-state index contributed by atoms with van der Waals surface area (Å²) in [5, 5.41) is 0. The number of halogens is 1. The lowest BCUT2D eigenvalue weighted by Gasteiger charge is -2.18. The summed E-state index contributed by atoms with van der Waals surface area (Å²) in [6.07, 6.45) is 0. The van der Waals surface area contributed by atoms with Gasteiger partial charge < -0.3 is 4.74 Å². The summed E-state index contributed by atoms with van der Waals surface area (Å²) in [6, 6.07) is 0. The fourth-order valence-corrected chi connectivity index (χ4v) is 1.41. The maximum atomic E-state index is 5.51. The number of rotatable bonds is 5. The van der Waals surface area contributed by atoms with E-state index in [1.165, 1.54) is 0 Å². The van der Waals surface area contributed by atoms with Crippen molar-refractivity contribution in [1.29, 1.82) is 0 Å². The van der Waals surface area contributed by atoms with Crippen molar-refractivity contribution in [3.8, 4) is 0 Å². The highest BCUT2D eigenvalue weighted by molar-refractivity contribution is 7.99. The molecule has 0 saturated carbocycles. The standard InChI is InChI=1S/C8H17ClOS/c1-8(2,3)10-5-7-11-6-4-9/h4-7H2,1-3H3. The second kappa shape index (κ2) is 6.15. The van der Waals surface area contributed by atoms with Gasteiger partial charge in [0.1, 0.15) is 0 Å². The zero-order valence-corrected chi connectivity index (χ0v) is 9.10. The minimum atomic E-state index is 0.00151. The number of thioether (sulfide) groups is 1. The molecule has 0 aromatic rings. The van der Waals surface area contributed by atoms with Crippen LogP contribution in [0.15, 0.2) is 0 Å². The minimum absolute atomic E-state index is 0.00151. The first-order valence-corrected chi connectivity index (χ1v) is 5.53. The van der Waals surface area contributed by atoms with Crippen molar-refractivity contribution >= 4 is 23.4 Å². The molecular formula is C8H17ClOS. The predicted molar refractivity (Wildman–Crippen MR) is 53.8 cm³/mol. The van der Waals surface area contributed by atoms with Crippen LogP contribution in [0.2, 0.25) is 0 Å². The van der Waals surface area contributed by atoms with Gasteiger partial charge in [-0.2, -0.15) is 11.8 Å². The zero-order chi connectivity index (χ0) is 8.74. The Labute approximate surface area is 78.8 Å². The second-order valence-electron chi connectivity index (χ2n) is 3.26. The number of alkyl halides is 1. The van der Waals surface area contributed by atoms with E-state index in [9.17, 15) is 0 Å². The van der Waals surface area contributed by atoms with Crippen LogP contribution in [0.4, 0.5) is 0 Å². The summed E-state index contributed by atoms with van der Waals surface area (Å²) >= 11 is 7.35. The molecule has 0 saturated heterocycles. The Hall–Kier alpha value is 0.600.